The molecule has 3 aliphatic rings. The number of rotatable bonds is 18. The first-order chi connectivity index (χ1) is 28.9. The molecule has 0 spiro atoms. The monoisotopic (exact) mass is 814 g/mol. The van der Waals surface area contributed by atoms with Gasteiger partial charge in [-0.05, 0) is 105 Å². The number of amides is 3. The fourth-order valence-corrected chi connectivity index (χ4v) is 9.83. The molecule has 13 heteroatoms. The van der Waals surface area contributed by atoms with Crippen molar-refractivity contribution in [2.45, 2.75) is 107 Å². The third-order valence-corrected chi connectivity index (χ3v) is 13.1. The Morgan fingerprint density at radius 3 is 2.34 bits per heavy atom. The first-order valence-electron chi connectivity index (χ1n) is 21.4. The standard InChI is InChI=1S/C46H54N8O4S/c47-43-41-42(32-20-22-35(23-21-32)58-34-16-9-8-10-17-34)51-54(44(41)49-31-48-43)33-15-14-27-52(29-33)26-11-6-4-2-1-3-5-7-12-28-59-39-19-13-18-36-37(39)30-53(46(36)57)38-24-25-40(55)50-45(38)56/h8-10,13,16-23,31,33,38H,1-7,11-12,14-15,24-30H2,(H2,47,48,49)(H,50,55,56)/t33-,38?/m1/s1. The summed E-state index contributed by atoms with van der Waals surface area (Å²) in [7, 11) is 0. The summed E-state index contributed by atoms with van der Waals surface area (Å²) >= 11 is 1.81. The summed E-state index contributed by atoms with van der Waals surface area (Å²) in [6, 6.07) is 23.3. The third kappa shape index (κ3) is 9.63. The van der Waals surface area contributed by atoms with E-state index in [-0.39, 0.29) is 30.2 Å². The number of aromatic nitrogens is 4. The Kier molecular flexibility index (Phi) is 13.2. The molecule has 3 N–H and O–H groups in total. The minimum atomic E-state index is -0.576. The Labute approximate surface area is 350 Å². The Morgan fingerprint density at radius 2 is 1.56 bits per heavy atom. The van der Waals surface area contributed by atoms with Gasteiger partial charge in [-0.15, -0.1) is 11.8 Å². The number of benzene rings is 3. The fourth-order valence-electron chi connectivity index (χ4n) is 8.74. The fraction of sp³-hybridized carbons (Fsp3) is 0.435. The van der Waals surface area contributed by atoms with E-state index < -0.39 is 6.04 Å². The summed E-state index contributed by atoms with van der Waals surface area (Å²) in [6.45, 7) is 3.61. The molecule has 0 aliphatic carbocycles. The summed E-state index contributed by atoms with van der Waals surface area (Å²) in [6.07, 6.45) is 15.6. The number of carbonyl (C=O) groups excluding carboxylic acids is 3. The average Bonchev–Trinajstić information content (AvgIpc) is 3.81. The number of ether oxygens (including phenoxy) is 1. The molecule has 308 valence electrons. The van der Waals surface area contributed by atoms with E-state index in [0.29, 0.717) is 24.3 Å². The maximum absolute atomic E-state index is 13.1. The van der Waals surface area contributed by atoms with Gasteiger partial charge < -0.3 is 20.3 Å². The Bertz CT molecular complexity index is 2250. The molecular weight excluding hydrogens is 761 g/mol. The Balaban J connectivity index is 0.726. The minimum Gasteiger partial charge on any atom is -0.457 e. The van der Waals surface area contributed by atoms with Crippen molar-refractivity contribution in [3.05, 3.63) is 90.3 Å². The number of piperidine rings is 2. The van der Waals surface area contributed by atoms with Gasteiger partial charge >= 0.3 is 0 Å². The Morgan fingerprint density at radius 1 is 0.814 bits per heavy atom. The van der Waals surface area contributed by atoms with Crippen molar-refractivity contribution < 1.29 is 19.1 Å². The van der Waals surface area contributed by atoms with Crippen molar-refractivity contribution in [1.82, 2.24) is 34.9 Å². The molecule has 0 saturated carbocycles. The zero-order valence-electron chi connectivity index (χ0n) is 33.7. The number of anilines is 1. The zero-order chi connectivity index (χ0) is 40.6. The predicted molar refractivity (Wildman–Crippen MR) is 231 cm³/mol. The Hall–Kier alpha value is -5.27. The van der Waals surface area contributed by atoms with Crippen LogP contribution in [0, 0.1) is 0 Å². The molecule has 5 aromatic rings. The molecule has 3 aromatic carbocycles. The lowest BCUT2D eigenvalue weighted by Crippen LogP contribution is -2.52. The van der Waals surface area contributed by atoms with Gasteiger partial charge in [0, 0.05) is 35.5 Å². The highest BCUT2D eigenvalue weighted by atomic mass is 32.2. The van der Waals surface area contributed by atoms with Gasteiger partial charge in [0.25, 0.3) is 5.91 Å². The van der Waals surface area contributed by atoms with Crippen molar-refractivity contribution in [3.63, 3.8) is 0 Å². The van der Waals surface area contributed by atoms with E-state index in [4.69, 9.17) is 15.6 Å². The highest BCUT2D eigenvalue weighted by molar-refractivity contribution is 7.99. The van der Waals surface area contributed by atoms with Gasteiger partial charge in [0.05, 0.1) is 11.4 Å². The van der Waals surface area contributed by atoms with Crippen LogP contribution in [0.25, 0.3) is 22.3 Å². The van der Waals surface area contributed by atoms with E-state index >= 15 is 0 Å². The van der Waals surface area contributed by atoms with Crippen LogP contribution in [-0.4, -0.2) is 78.7 Å². The van der Waals surface area contributed by atoms with E-state index in [1.165, 1.54) is 51.4 Å². The number of nitrogens with two attached hydrogens (primary N) is 1. The molecular formula is C46H54N8O4S. The molecule has 8 rings (SSSR count). The quantitative estimate of drug-likeness (QED) is 0.0501. The molecule has 5 heterocycles. The average molecular weight is 815 g/mol. The summed E-state index contributed by atoms with van der Waals surface area (Å²) < 4.78 is 8.11. The number of unbranched alkanes of at least 4 members (excludes halogenated alkanes) is 8. The molecule has 3 aliphatic heterocycles. The van der Waals surface area contributed by atoms with Crippen LogP contribution in [0.3, 0.4) is 0 Å². The van der Waals surface area contributed by atoms with Crippen LogP contribution in [0.1, 0.15) is 105 Å². The molecule has 59 heavy (non-hydrogen) atoms. The van der Waals surface area contributed by atoms with E-state index in [1.54, 1.807) is 11.2 Å². The number of nitrogens with zero attached hydrogens (tertiary/aromatic N) is 6. The summed E-state index contributed by atoms with van der Waals surface area (Å²) in [4.78, 5) is 51.5. The SMILES string of the molecule is Nc1ncnc2c1c(-c1ccc(Oc3ccccc3)cc1)nn2[C@@H]1CCCN(CCCCCCCCCCCSc2cccc3c2CN(C2CCC(=O)NC2=O)C3=O)C1. The van der Waals surface area contributed by atoms with E-state index in [2.05, 4.69) is 30.9 Å². The molecule has 0 radical (unpaired) electrons. The van der Waals surface area contributed by atoms with Crippen LogP contribution >= 0.6 is 11.8 Å². The van der Waals surface area contributed by atoms with Crippen molar-refractivity contribution in [1.29, 1.82) is 0 Å². The molecule has 2 saturated heterocycles. The topological polar surface area (TPSA) is 149 Å². The molecule has 12 nitrogen and oxygen atoms in total. The number of nitrogen functional groups attached to an aromatic ring is 1. The van der Waals surface area contributed by atoms with Gasteiger partial charge in [0.2, 0.25) is 11.8 Å². The highest BCUT2D eigenvalue weighted by Gasteiger charge is 2.39. The normalized spacial score (nSPS) is 18.4. The highest BCUT2D eigenvalue weighted by Crippen LogP contribution is 2.36. The molecule has 1 unspecified atom stereocenters. The zero-order valence-corrected chi connectivity index (χ0v) is 34.5. The molecule has 2 fully saturated rings. The number of hydrogen-bond acceptors (Lipinski definition) is 10. The predicted octanol–water partition coefficient (Wildman–Crippen LogP) is 8.57. The second-order valence-electron chi connectivity index (χ2n) is 16.0. The van der Waals surface area contributed by atoms with Crippen molar-refractivity contribution in [2.24, 2.45) is 0 Å². The number of nitrogens with one attached hydrogen (secondary N) is 1. The van der Waals surface area contributed by atoms with Gasteiger partial charge in [0.15, 0.2) is 5.65 Å². The van der Waals surface area contributed by atoms with Gasteiger partial charge in [-0.25, -0.2) is 14.6 Å². The van der Waals surface area contributed by atoms with Gasteiger partial charge in [-0.1, -0.05) is 69.2 Å². The van der Waals surface area contributed by atoms with Crippen LogP contribution in [0.4, 0.5) is 5.82 Å². The third-order valence-electron chi connectivity index (χ3n) is 11.9. The van der Waals surface area contributed by atoms with E-state index in [9.17, 15) is 14.4 Å². The van der Waals surface area contributed by atoms with Crippen LogP contribution in [0.2, 0.25) is 0 Å². The number of thioether (sulfide) groups is 1. The lowest BCUT2D eigenvalue weighted by molar-refractivity contribution is -0.136. The number of para-hydroxylation sites is 1. The van der Waals surface area contributed by atoms with Crippen LogP contribution in [0.5, 0.6) is 11.5 Å². The summed E-state index contributed by atoms with van der Waals surface area (Å²) in [5, 5.41) is 8.33. The van der Waals surface area contributed by atoms with Crippen molar-refractivity contribution in [2.75, 3.05) is 31.1 Å². The number of fused-ring (bicyclic) bond motifs is 2. The lowest BCUT2D eigenvalue weighted by atomic mass is 10.0. The van der Waals surface area contributed by atoms with E-state index in [1.807, 2.05) is 78.5 Å². The van der Waals surface area contributed by atoms with Gasteiger partial charge in [-0.2, -0.15) is 5.10 Å². The summed E-state index contributed by atoms with van der Waals surface area (Å²) in [5.41, 5.74) is 10.7. The largest absolute Gasteiger partial charge is 0.457 e. The molecule has 0 bridgehead atoms. The maximum atomic E-state index is 13.1. The minimum absolute atomic E-state index is 0.109. The van der Waals surface area contributed by atoms with E-state index in [0.717, 1.165) is 88.9 Å². The molecule has 2 aromatic heterocycles. The lowest BCUT2D eigenvalue weighted by Gasteiger charge is -2.33. The summed E-state index contributed by atoms with van der Waals surface area (Å²) in [5.74, 6) is 2.27. The second kappa shape index (κ2) is 19.2. The number of hydrogen-bond donors (Lipinski definition) is 2. The van der Waals surface area contributed by atoms with Gasteiger partial charge in [-0.3, -0.25) is 19.7 Å². The molecule has 3 amide bonds. The number of carbonyl (C=O) groups is 3. The van der Waals surface area contributed by atoms with Crippen molar-refractivity contribution in [3.8, 4) is 22.8 Å². The van der Waals surface area contributed by atoms with Crippen LogP contribution in [0.15, 0.2) is 84.0 Å². The van der Waals surface area contributed by atoms with Crippen molar-refractivity contribution >= 4 is 46.3 Å². The first kappa shape index (κ1) is 40.5. The smallest absolute Gasteiger partial charge is 0.255 e. The second-order valence-corrected chi connectivity index (χ2v) is 17.1. The number of likely N-dealkylation sites (tertiary alicyclic amines) is 1. The van der Waals surface area contributed by atoms with Gasteiger partial charge in [0.1, 0.15) is 35.4 Å². The number of imide groups is 1. The van der Waals surface area contributed by atoms with Crippen LogP contribution in [-0.2, 0) is 16.1 Å². The maximum Gasteiger partial charge on any atom is 0.255 e. The van der Waals surface area contributed by atoms with Crippen LogP contribution < -0.4 is 15.8 Å². The first-order valence-corrected chi connectivity index (χ1v) is 22.4. The molecule has 2 atom stereocenters.